The van der Waals surface area contributed by atoms with Crippen LogP contribution in [0.5, 0.6) is 0 Å². The van der Waals surface area contributed by atoms with E-state index in [1.54, 1.807) is 6.92 Å². The van der Waals surface area contributed by atoms with Crippen LogP contribution in [0.15, 0.2) is 18.2 Å². The average Bonchev–Trinajstić information content (AvgIpc) is 2.28. The molecule has 0 unspecified atom stereocenters. The Morgan fingerprint density at radius 3 is 2.44 bits per heavy atom. The number of aromatic carboxylic acids is 1. The highest BCUT2D eigenvalue weighted by Gasteiger charge is 2.12. The minimum Gasteiger partial charge on any atom is -0.481 e. The van der Waals surface area contributed by atoms with Crippen molar-refractivity contribution < 1.29 is 24.6 Å². The Balaban J connectivity index is 2.77. The molecule has 6 heteroatoms. The molecule has 0 heterocycles. The first kappa shape index (κ1) is 13.7. The maximum Gasteiger partial charge on any atom is 0.335 e. The van der Waals surface area contributed by atoms with E-state index in [1.807, 2.05) is 0 Å². The van der Waals surface area contributed by atoms with Gasteiger partial charge in [-0.15, -0.1) is 0 Å². The van der Waals surface area contributed by atoms with E-state index < -0.39 is 17.8 Å². The number of nitrogens with one attached hydrogen (secondary N) is 1. The molecule has 3 N–H and O–H groups in total. The standard InChI is InChI=1S/C12H13NO5/c1-7-2-3-8(6-9(7)12(17)18)11(16)13-5-4-10(14)15/h2-3,6H,4-5H2,1H3,(H,13,16)(H,14,15)(H,17,18). The molecule has 96 valence electrons. The third-order valence-electron chi connectivity index (χ3n) is 2.35. The van der Waals surface area contributed by atoms with Gasteiger partial charge >= 0.3 is 11.9 Å². The summed E-state index contributed by atoms with van der Waals surface area (Å²) in [5.74, 6) is -2.60. The quantitative estimate of drug-likeness (QED) is 0.721. The molecule has 0 radical (unpaired) electrons. The Bertz CT molecular complexity index is 495. The Kier molecular flexibility index (Phi) is 4.42. The Labute approximate surface area is 103 Å². The van der Waals surface area contributed by atoms with E-state index in [4.69, 9.17) is 10.2 Å². The van der Waals surface area contributed by atoms with Gasteiger partial charge < -0.3 is 15.5 Å². The molecular formula is C12H13NO5. The van der Waals surface area contributed by atoms with Crippen molar-refractivity contribution >= 4 is 17.8 Å². The van der Waals surface area contributed by atoms with Crippen LogP contribution in [0.2, 0.25) is 0 Å². The molecule has 0 aromatic heterocycles. The molecule has 0 fully saturated rings. The molecule has 0 spiro atoms. The van der Waals surface area contributed by atoms with Gasteiger partial charge in [-0.25, -0.2) is 4.79 Å². The van der Waals surface area contributed by atoms with Gasteiger partial charge in [0, 0.05) is 12.1 Å². The van der Waals surface area contributed by atoms with Crippen molar-refractivity contribution in [2.75, 3.05) is 6.54 Å². The summed E-state index contributed by atoms with van der Waals surface area (Å²) in [5.41, 5.74) is 0.814. The van der Waals surface area contributed by atoms with E-state index in [0.717, 1.165) is 0 Å². The molecule has 0 aliphatic heterocycles. The lowest BCUT2D eigenvalue weighted by Crippen LogP contribution is -2.26. The number of aliphatic carboxylic acids is 1. The zero-order valence-corrected chi connectivity index (χ0v) is 9.77. The number of benzene rings is 1. The fraction of sp³-hybridized carbons (Fsp3) is 0.250. The Morgan fingerprint density at radius 2 is 1.89 bits per heavy atom. The summed E-state index contributed by atoms with van der Waals surface area (Å²) in [4.78, 5) is 32.8. The van der Waals surface area contributed by atoms with Gasteiger partial charge in [0.25, 0.3) is 5.91 Å². The first-order chi connectivity index (χ1) is 8.41. The zero-order chi connectivity index (χ0) is 13.7. The molecule has 6 nitrogen and oxygen atoms in total. The predicted octanol–water partition coefficient (Wildman–Crippen LogP) is 0.898. The molecule has 1 amide bonds. The van der Waals surface area contributed by atoms with Gasteiger partial charge in [-0.1, -0.05) is 6.07 Å². The Hall–Kier alpha value is -2.37. The van der Waals surface area contributed by atoms with Gasteiger partial charge in [-0.3, -0.25) is 9.59 Å². The number of amides is 1. The van der Waals surface area contributed by atoms with E-state index in [2.05, 4.69) is 5.32 Å². The van der Waals surface area contributed by atoms with E-state index in [1.165, 1.54) is 18.2 Å². The number of carbonyl (C=O) groups excluding carboxylic acids is 1. The largest absolute Gasteiger partial charge is 0.481 e. The predicted molar refractivity (Wildman–Crippen MR) is 62.7 cm³/mol. The molecule has 1 aromatic rings. The normalized spacial score (nSPS) is 9.83. The molecule has 0 aliphatic carbocycles. The number of carboxylic acid groups (broad SMARTS) is 2. The van der Waals surface area contributed by atoms with Crippen LogP contribution in [0, 0.1) is 6.92 Å². The summed E-state index contributed by atoms with van der Waals surface area (Å²) in [6, 6.07) is 4.31. The molecule has 18 heavy (non-hydrogen) atoms. The highest BCUT2D eigenvalue weighted by Crippen LogP contribution is 2.11. The van der Waals surface area contributed by atoms with Crippen molar-refractivity contribution in [3.05, 3.63) is 34.9 Å². The zero-order valence-electron chi connectivity index (χ0n) is 9.77. The van der Waals surface area contributed by atoms with Crippen LogP contribution in [-0.4, -0.2) is 34.6 Å². The summed E-state index contributed by atoms with van der Waals surface area (Å²) < 4.78 is 0. The summed E-state index contributed by atoms with van der Waals surface area (Å²) in [6.45, 7) is 1.64. The van der Waals surface area contributed by atoms with E-state index >= 15 is 0 Å². The van der Waals surface area contributed by atoms with E-state index in [-0.39, 0.29) is 24.1 Å². The second-order valence-corrected chi connectivity index (χ2v) is 3.73. The fourth-order valence-electron chi connectivity index (χ4n) is 1.38. The van der Waals surface area contributed by atoms with Crippen molar-refractivity contribution in [1.29, 1.82) is 0 Å². The lowest BCUT2D eigenvalue weighted by Gasteiger charge is -2.06. The smallest absolute Gasteiger partial charge is 0.335 e. The van der Waals surface area contributed by atoms with E-state index in [9.17, 15) is 14.4 Å². The average molecular weight is 251 g/mol. The molecule has 0 saturated heterocycles. The van der Waals surface area contributed by atoms with Crippen molar-refractivity contribution in [3.8, 4) is 0 Å². The maximum atomic E-state index is 11.6. The molecule has 0 saturated carbocycles. The van der Waals surface area contributed by atoms with Crippen LogP contribution in [0.3, 0.4) is 0 Å². The fourth-order valence-corrected chi connectivity index (χ4v) is 1.38. The highest BCUT2D eigenvalue weighted by atomic mass is 16.4. The summed E-state index contributed by atoms with van der Waals surface area (Å²) >= 11 is 0. The van der Waals surface area contributed by atoms with Crippen LogP contribution in [0.25, 0.3) is 0 Å². The van der Waals surface area contributed by atoms with Gasteiger partial charge in [0.1, 0.15) is 0 Å². The van der Waals surface area contributed by atoms with Crippen LogP contribution < -0.4 is 5.32 Å². The number of carbonyl (C=O) groups is 3. The van der Waals surface area contributed by atoms with Crippen molar-refractivity contribution in [2.24, 2.45) is 0 Å². The number of carboxylic acids is 2. The maximum absolute atomic E-state index is 11.6. The second-order valence-electron chi connectivity index (χ2n) is 3.73. The van der Waals surface area contributed by atoms with Crippen LogP contribution in [0.1, 0.15) is 32.7 Å². The monoisotopic (exact) mass is 251 g/mol. The number of hydrogen-bond donors (Lipinski definition) is 3. The van der Waals surface area contributed by atoms with Gasteiger partial charge in [0.15, 0.2) is 0 Å². The van der Waals surface area contributed by atoms with Gasteiger partial charge in [0.2, 0.25) is 0 Å². The van der Waals surface area contributed by atoms with Gasteiger partial charge in [-0.2, -0.15) is 0 Å². The third-order valence-corrected chi connectivity index (χ3v) is 2.35. The lowest BCUT2D eigenvalue weighted by atomic mass is 10.0. The van der Waals surface area contributed by atoms with Gasteiger partial charge in [0.05, 0.1) is 12.0 Å². The first-order valence-corrected chi connectivity index (χ1v) is 5.25. The second kappa shape index (κ2) is 5.81. The number of hydrogen-bond acceptors (Lipinski definition) is 3. The molecule has 1 rings (SSSR count). The van der Waals surface area contributed by atoms with Crippen molar-refractivity contribution in [1.82, 2.24) is 5.32 Å². The minimum atomic E-state index is -1.10. The molecule has 1 aromatic carbocycles. The topological polar surface area (TPSA) is 104 Å². The lowest BCUT2D eigenvalue weighted by molar-refractivity contribution is -0.136. The number of rotatable bonds is 5. The van der Waals surface area contributed by atoms with Crippen LogP contribution in [-0.2, 0) is 4.79 Å². The van der Waals surface area contributed by atoms with Crippen molar-refractivity contribution in [2.45, 2.75) is 13.3 Å². The SMILES string of the molecule is Cc1ccc(C(=O)NCCC(=O)O)cc1C(=O)O. The molecular weight excluding hydrogens is 238 g/mol. The number of aryl methyl sites for hydroxylation is 1. The molecule has 0 atom stereocenters. The van der Waals surface area contributed by atoms with Crippen LogP contribution >= 0.6 is 0 Å². The van der Waals surface area contributed by atoms with Crippen molar-refractivity contribution in [3.63, 3.8) is 0 Å². The Morgan fingerprint density at radius 1 is 1.22 bits per heavy atom. The summed E-state index contributed by atoms with van der Waals surface area (Å²) in [6.07, 6.45) is -0.177. The van der Waals surface area contributed by atoms with E-state index in [0.29, 0.717) is 5.56 Å². The minimum absolute atomic E-state index is 0.00441. The highest BCUT2D eigenvalue weighted by molar-refractivity contribution is 5.98. The van der Waals surface area contributed by atoms with Crippen LogP contribution in [0.4, 0.5) is 0 Å². The summed E-state index contributed by atoms with van der Waals surface area (Å²) in [5, 5.41) is 19.7. The molecule has 0 bridgehead atoms. The third kappa shape index (κ3) is 3.58. The molecule has 0 aliphatic rings. The summed E-state index contributed by atoms with van der Waals surface area (Å²) in [7, 11) is 0. The first-order valence-electron chi connectivity index (χ1n) is 5.25. The van der Waals surface area contributed by atoms with Gasteiger partial charge in [-0.05, 0) is 24.6 Å².